The highest BCUT2D eigenvalue weighted by atomic mass is 127. The van der Waals surface area contributed by atoms with Crippen LogP contribution in [0.15, 0.2) is 48.5 Å². The van der Waals surface area contributed by atoms with Crippen LogP contribution in [0.25, 0.3) is 0 Å². The lowest BCUT2D eigenvalue weighted by atomic mass is 10.1. The average Bonchev–Trinajstić information content (AvgIpc) is 2.67. The van der Waals surface area contributed by atoms with Gasteiger partial charge in [0.05, 0.1) is 0 Å². The van der Waals surface area contributed by atoms with E-state index in [1.807, 2.05) is 48.5 Å². The molecule has 0 radical (unpaired) electrons. The van der Waals surface area contributed by atoms with Crippen LogP contribution in [0.3, 0.4) is 0 Å². The molecule has 27 heavy (non-hydrogen) atoms. The Hall–Kier alpha value is 0.0400. The Labute approximate surface area is 198 Å². The molecule has 0 aromatic heterocycles. The molecule has 0 aliphatic rings. The van der Waals surface area contributed by atoms with Crippen molar-refractivity contribution >= 4 is 68.4 Å². The van der Waals surface area contributed by atoms with Crippen LogP contribution in [0.5, 0.6) is 11.5 Å². The fraction of sp³-hybridized carbons (Fsp3) is 0.400. The van der Waals surface area contributed by atoms with Gasteiger partial charge in [0, 0.05) is 18.9 Å². The summed E-state index contributed by atoms with van der Waals surface area (Å²) in [4.78, 5) is 0. The Kier molecular flexibility index (Phi) is 9.25. The minimum Gasteiger partial charge on any atom is -0.491 e. The maximum absolute atomic E-state index is 6.50. The van der Waals surface area contributed by atoms with Gasteiger partial charge in [0.2, 0.25) is 0 Å². The van der Waals surface area contributed by atoms with Crippen molar-refractivity contribution in [3.63, 3.8) is 0 Å². The molecule has 0 aliphatic heterocycles. The van der Waals surface area contributed by atoms with Crippen LogP contribution in [0.4, 0.5) is 0 Å². The van der Waals surface area contributed by atoms with Crippen LogP contribution in [0.2, 0.25) is 10.0 Å². The molecule has 0 bridgehead atoms. The molecule has 3 nitrogen and oxygen atoms in total. The fourth-order valence-electron chi connectivity index (χ4n) is 2.32. The van der Waals surface area contributed by atoms with E-state index in [1.165, 1.54) is 0 Å². The van der Waals surface area contributed by atoms with Crippen molar-refractivity contribution in [2.45, 2.75) is 25.0 Å². The number of hydrogen-bond donors (Lipinski definition) is 0. The molecule has 0 spiro atoms. The molecule has 0 saturated carbocycles. The summed E-state index contributed by atoms with van der Waals surface area (Å²) in [5.74, 6) is 1.54. The number of alkyl halides is 2. The Morgan fingerprint density at radius 3 is 1.33 bits per heavy atom. The van der Waals surface area contributed by atoms with E-state index < -0.39 is 11.2 Å². The average molecular weight is 635 g/mol. The lowest BCUT2D eigenvalue weighted by Gasteiger charge is -2.38. The maximum atomic E-state index is 6.50. The highest BCUT2D eigenvalue weighted by Crippen LogP contribution is 2.28. The van der Waals surface area contributed by atoms with Gasteiger partial charge in [0.25, 0.3) is 0 Å². The molecular formula is C20H22Cl2I2O3. The highest BCUT2D eigenvalue weighted by Gasteiger charge is 2.36. The van der Waals surface area contributed by atoms with Gasteiger partial charge in [-0.15, -0.1) is 0 Å². The zero-order valence-electron chi connectivity index (χ0n) is 15.2. The summed E-state index contributed by atoms with van der Waals surface area (Å²) >= 11 is 16.5. The smallest absolute Gasteiger partial charge is 0.119 e. The molecule has 2 atom stereocenters. The first kappa shape index (κ1) is 23.3. The number of hydrogen-bond acceptors (Lipinski definition) is 3. The van der Waals surface area contributed by atoms with Gasteiger partial charge in [0.15, 0.2) is 0 Å². The predicted molar refractivity (Wildman–Crippen MR) is 130 cm³/mol. The minimum atomic E-state index is -0.455. The van der Waals surface area contributed by atoms with Crippen molar-refractivity contribution in [2.24, 2.45) is 0 Å². The number of benzene rings is 2. The second-order valence-electron chi connectivity index (χ2n) is 6.75. The third-order valence-corrected chi connectivity index (χ3v) is 7.50. The molecular weight excluding hydrogens is 613 g/mol. The van der Waals surface area contributed by atoms with E-state index >= 15 is 0 Å². The summed E-state index contributed by atoms with van der Waals surface area (Å²) in [5.41, 5.74) is -0.910. The Morgan fingerprint density at radius 2 is 1.04 bits per heavy atom. The topological polar surface area (TPSA) is 27.7 Å². The quantitative estimate of drug-likeness (QED) is 0.211. The second kappa shape index (κ2) is 10.7. The summed E-state index contributed by atoms with van der Waals surface area (Å²) in [6.45, 7) is 4.99. The van der Waals surface area contributed by atoms with Crippen molar-refractivity contribution in [2.75, 3.05) is 22.1 Å². The van der Waals surface area contributed by atoms with Gasteiger partial charge < -0.3 is 14.2 Å². The third-order valence-electron chi connectivity index (χ3n) is 3.77. The summed E-state index contributed by atoms with van der Waals surface area (Å²) in [7, 11) is 0. The molecule has 0 amide bonds. The van der Waals surface area contributed by atoms with E-state index in [0.29, 0.717) is 23.3 Å². The lowest BCUT2D eigenvalue weighted by Crippen LogP contribution is -2.50. The lowest BCUT2D eigenvalue weighted by molar-refractivity contribution is -0.142. The van der Waals surface area contributed by atoms with Crippen molar-refractivity contribution in [1.29, 1.82) is 0 Å². The van der Waals surface area contributed by atoms with E-state index in [9.17, 15) is 0 Å². The number of halogens is 4. The molecule has 2 unspecified atom stereocenters. The zero-order valence-corrected chi connectivity index (χ0v) is 21.0. The van der Waals surface area contributed by atoms with Gasteiger partial charge in [0.1, 0.15) is 35.9 Å². The Balaban J connectivity index is 1.98. The Bertz CT molecular complexity index is 651. The monoisotopic (exact) mass is 634 g/mol. The largest absolute Gasteiger partial charge is 0.491 e. The van der Waals surface area contributed by atoms with Crippen LogP contribution in [-0.2, 0) is 4.74 Å². The van der Waals surface area contributed by atoms with Gasteiger partial charge in [-0.25, -0.2) is 0 Å². The number of ether oxygens (including phenoxy) is 3. The van der Waals surface area contributed by atoms with Gasteiger partial charge in [-0.2, -0.15) is 0 Å². The Morgan fingerprint density at radius 1 is 0.704 bits per heavy atom. The molecule has 0 N–H and O–H groups in total. The normalized spacial score (nSPS) is 15.6. The first-order valence-electron chi connectivity index (χ1n) is 8.36. The highest BCUT2D eigenvalue weighted by molar-refractivity contribution is 14.1. The molecule has 7 heteroatoms. The van der Waals surface area contributed by atoms with Crippen LogP contribution in [0, 0.1) is 0 Å². The fourth-order valence-corrected chi connectivity index (χ4v) is 3.32. The minimum absolute atomic E-state index is 0.435. The molecule has 148 valence electrons. The third kappa shape index (κ3) is 7.76. The standard InChI is InChI=1S/C20H22Cl2I2O3/c1-19(11-23,13-25-17-7-3-15(21)4-8-17)27-20(2,12-24)14-26-18-9-5-16(22)6-10-18/h3-10H,11-14H2,1-2H3. The van der Waals surface area contributed by atoms with E-state index in [-0.39, 0.29) is 0 Å². The summed E-state index contributed by atoms with van der Waals surface area (Å²) in [5, 5.41) is 1.37. The summed E-state index contributed by atoms with van der Waals surface area (Å²) in [6.07, 6.45) is 0. The molecule has 0 fully saturated rings. The van der Waals surface area contributed by atoms with E-state index in [0.717, 1.165) is 20.4 Å². The van der Waals surface area contributed by atoms with Crippen LogP contribution in [-0.4, -0.2) is 33.3 Å². The van der Waals surface area contributed by atoms with E-state index in [2.05, 4.69) is 59.0 Å². The van der Waals surface area contributed by atoms with Gasteiger partial charge in [-0.05, 0) is 62.4 Å². The first-order valence-corrected chi connectivity index (χ1v) is 12.2. The maximum Gasteiger partial charge on any atom is 0.119 e. The molecule has 0 heterocycles. The molecule has 0 saturated heterocycles. The van der Waals surface area contributed by atoms with Gasteiger partial charge in [-0.1, -0.05) is 68.4 Å². The van der Waals surface area contributed by atoms with Crippen molar-refractivity contribution < 1.29 is 14.2 Å². The summed E-state index contributed by atoms with van der Waals surface area (Å²) in [6, 6.07) is 14.7. The summed E-state index contributed by atoms with van der Waals surface area (Å²) < 4.78 is 19.9. The van der Waals surface area contributed by atoms with E-state index in [4.69, 9.17) is 37.4 Å². The van der Waals surface area contributed by atoms with Crippen molar-refractivity contribution in [1.82, 2.24) is 0 Å². The van der Waals surface area contributed by atoms with Crippen LogP contribution in [0.1, 0.15) is 13.8 Å². The van der Waals surface area contributed by atoms with E-state index in [1.54, 1.807) is 0 Å². The van der Waals surface area contributed by atoms with Gasteiger partial charge in [-0.3, -0.25) is 0 Å². The SMILES string of the molecule is CC(CI)(COc1ccc(Cl)cc1)OC(C)(CI)COc1ccc(Cl)cc1. The second-order valence-corrected chi connectivity index (χ2v) is 9.15. The first-order chi connectivity index (χ1) is 12.8. The van der Waals surface area contributed by atoms with Crippen LogP contribution < -0.4 is 9.47 Å². The van der Waals surface area contributed by atoms with Crippen molar-refractivity contribution in [3.8, 4) is 11.5 Å². The molecule has 0 aliphatic carbocycles. The van der Waals surface area contributed by atoms with Crippen LogP contribution >= 0.6 is 68.4 Å². The number of rotatable bonds is 10. The van der Waals surface area contributed by atoms with Gasteiger partial charge >= 0.3 is 0 Å². The van der Waals surface area contributed by atoms with Crippen molar-refractivity contribution in [3.05, 3.63) is 58.6 Å². The molecule has 2 aromatic rings. The molecule has 2 rings (SSSR count). The predicted octanol–water partition coefficient (Wildman–Crippen LogP) is 6.86. The zero-order chi connectivity index (χ0) is 19.9. The molecule has 2 aromatic carbocycles.